The smallest absolute Gasteiger partial charge is 0.266 e. The molecule has 184 valence electrons. The Kier molecular flexibility index (Phi) is 7.78. The monoisotopic (exact) mass is 493 g/mol. The quantitative estimate of drug-likeness (QED) is 0.408. The van der Waals surface area contributed by atoms with E-state index in [0.29, 0.717) is 25.7 Å². The first-order chi connectivity index (χ1) is 16.9. The Morgan fingerprint density at radius 1 is 0.971 bits per heavy atom. The average Bonchev–Trinajstić information content (AvgIpc) is 2.89. The summed E-state index contributed by atoms with van der Waals surface area (Å²) in [5.41, 5.74) is 3.80. The number of nitrogens with zero attached hydrogens (tertiary/aromatic N) is 1. The predicted octanol–water partition coefficient (Wildman–Crippen LogP) is 5.25. The molecule has 7 heteroatoms. The highest BCUT2D eigenvalue weighted by Gasteiger charge is 2.33. The summed E-state index contributed by atoms with van der Waals surface area (Å²) in [6, 6.07) is 24.4. The summed E-state index contributed by atoms with van der Waals surface area (Å²) in [5.74, 6) is 1.13. The molecule has 0 saturated carbocycles. The van der Waals surface area contributed by atoms with Crippen molar-refractivity contribution in [1.82, 2.24) is 4.31 Å². The highest BCUT2D eigenvalue weighted by atomic mass is 32.2. The number of benzene rings is 3. The van der Waals surface area contributed by atoms with Crippen LogP contribution in [0.1, 0.15) is 23.1 Å². The van der Waals surface area contributed by atoms with E-state index in [9.17, 15) is 8.42 Å². The Hall–Kier alpha value is -3.29. The summed E-state index contributed by atoms with van der Waals surface area (Å²) < 4.78 is 45.5. The molecule has 0 fully saturated rings. The van der Waals surface area contributed by atoms with Crippen LogP contribution in [0.15, 0.2) is 89.6 Å². The van der Waals surface area contributed by atoms with E-state index in [0.717, 1.165) is 34.4 Å². The molecule has 3 aromatic carbocycles. The second-order valence-corrected chi connectivity index (χ2v) is 10.5. The van der Waals surface area contributed by atoms with Gasteiger partial charge in [-0.3, -0.25) is 0 Å². The Bertz CT molecular complexity index is 1250. The van der Waals surface area contributed by atoms with Crippen molar-refractivity contribution in [2.24, 2.45) is 5.92 Å². The molecule has 6 nitrogen and oxygen atoms in total. The fourth-order valence-electron chi connectivity index (χ4n) is 4.12. The van der Waals surface area contributed by atoms with Gasteiger partial charge in [0, 0.05) is 18.5 Å². The van der Waals surface area contributed by atoms with E-state index in [4.69, 9.17) is 14.2 Å². The molecule has 0 amide bonds. The number of aryl methyl sites for hydroxylation is 1. The third-order valence-electron chi connectivity index (χ3n) is 6.14. The van der Waals surface area contributed by atoms with Crippen LogP contribution in [-0.4, -0.2) is 40.1 Å². The van der Waals surface area contributed by atoms with Gasteiger partial charge < -0.3 is 14.2 Å². The van der Waals surface area contributed by atoms with Gasteiger partial charge in [-0.2, -0.15) is 0 Å². The van der Waals surface area contributed by atoms with Gasteiger partial charge in [0.2, 0.25) is 5.88 Å². The maximum Gasteiger partial charge on any atom is 0.266 e. The maximum absolute atomic E-state index is 13.4. The van der Waals surface area contributed by atoms with E-state index in [1.165, 1.54) is 4.31 Å². The van der Waals surface area contributed by atoms with Crippen LogP contribution in [-0.2, 0) is 26.1 Å². The lowest BCUT2D eigenvalue weighted by Crippen LogP contribution is -2.33. The number of rotatable bonds is 9. The lowest BCUT2D eigenvalue weighted by atomic mass is 9.89. The average molecular weight is 494 g/mol. The third kappa shape index (κ3) is 5.69. The van der Waals surface area contributed by atoms with Gasteiger partial charge in [0.1, 0.15) is 5.75 Å². The highest BCUT2D eigenvalue weighted by Crippen LogP contribution is 2.37. The van der Waals surface area contributed by atoms with Gasteiger partial charge in [-0.25, -0.2) is 12.7 Å². The van der Waals surface area contributed by atoms with Crippen LogP contribution in [0.25, 0.3) is 5.57 Å². The molecular formula is C28H31NO5S. The van der Waals surface area contributed by atoms with Crippen LogP contribution in [0.2, 0.25) is 0 Å². The van der Waals surface area contributed by atoms with Gasteiger partial charge in [-0.1, -0.05) is 60.2 Å². The van der Waals surface area contributed by atoms with Gasteiger partial charge in [0.25, 0.3) is 10.0 Å². The summed E-state index contributed by atoms with van der Waals surface area (Å²) in [6.45, 7) is 3.24. The van der Waals surface area contributed by atoms with Crippen molar-refractivity contribution >= 4 is 15.6 Å². The van der Waals surface area contributed by atoms with Crippen molar-refractivity contribution in [3.63, 3.8) is 0 Å². The Labute approximate surface area is 207 Å². The standard InChI is InChI=1S/C28H31NO5S/c1-21-9-15-26(16-10-21)35(30,31)29(2)28-27(23-7-5-4-6-8-23)24(17-18-34-28)20-33-19-22-11-13-25(32-3)14-12-22/h4-16,24H,17-20H2,1-3H3/t24-/m0/s1. The highest BCUT2D eigenvalue weighted by molar-refractivity contribution is 7.89. The largest absolute Gasteiger partial charge is 0.497 e. The number of ether oxygens (including phenoxy) is 3. The lowest BCUT2D eigenvalue weighted by Gasteiger charge is -2.33. The van der Waals surface area contributed by atoms with Crippen LogP contribution in [0.4, 0.5) is 0 Å². The van der Waals surface area contributed by atoms with Gasteiger partial charge in [0.05, 0.1) is 31.8 Å². The zero-order valence-corrected chi connectivity index (χ0v) is 21.1. The van der Waals surface area contributed by atoms with E-state index in [2.05, 4.69) is 0 Å². The minimum absolute atomic E-state index is 0.0185. The van der Waals surface area contributed by atoms with Crippen molar-refractivity contribution in [1.29, 1.82) is 0 Å². The number of methoxy groups -OCH3 is 1. The molecule has 0 bridgehead atoms. The first kappa shape index (κ1) is 24.8. The molecular weight excluding hydrogens is 462 g/mol. The van der Waals surface area contributed by atoms with Crippen molar-refractivity contribution < 1.29 is 22.6 Å². The molecule has 0 unspecified atom stereocenters. The molecule has 1 aliphatic rings. The van der Waals surface area contributed by atoms with E-state index in [1.807, 2.05) is 61.5 Å². The van der Waals surface area contributed by atoms with E-state index < -0.39 is 10.0 Å². The van der Waals surface area contributed by atoms with Gasteiger partial charge in [-0.15, -0.1) is 0 Å². The number of sulfonamides is 1. The second-order valence-electron chi connectivity index (χ2n) is 8.57. The number of hydrogen-bond donors (Lipinski definition) is 0. The van der Waals surface area contributed by atoms with E-state index >= 15 is 0 Å². The summed E-state index contributed by atoms with van der Waals surface area (Å²) >= 11 is 0. The van der Waals surface area contributed by atoms with Crippen LogP contribution in [0.5, 0.6) is 5.75 Å². The van der Waals surface area contributed by atoms with Crippen molar-refractivity contribution in [2.75, 3.05) is 27.4 Å². The van der Waals surface area contributed by atoms with Crippen molar-refractivity contribution in [3.05, 3.63) is 101 Å². The van der Waals surface area contributed by atoms with Gasteiger partial charge in [0.15, 0.2) is 0 Å². The molecule has 35 heavy (non-hydrogen) atoms. The molecule has 0 aliphatic carbocycles. The normalized spacial score (nSPS) is 16.0. The molecule has 1 aliphatic heterocycles. The predicted molar refractivity (Wildman–Crippen MR) is 136 cm³/mol. The Morgan fingerprint density at radius 2 is 1.66 bits per heavy atom. The van der Waals surface area contributed by atoms with Gasteiger partial charge >= 0.3 is 0 Å². The zero-order valence-electron chi connectivity index (χ0n) is 20.3. The fourth-order valence-corrected chi connectivity index (χ4v) is 5.28. The molecule has 4 rings (SSSR count). The third-order valence-corrected chi connectivity index (χ3v) is 7.90. The van der Waals surface area contributed by atoms with E-state index in [-0.39, 0.29) is 10.8 Å². The summed E-state index contributed by atoms with van der Waals surface area (Å²) in [4.78, 5) is 0.229. The first-order valence-corrected chi connectivity index (χ1v) is 13.0. The second kappa shape index (κ2) is 11.0. The molecule has 1 atom stereocenters. The minimum Gasteiger partial charge on any atom is -0.497 e. The Balaban J connectivity index is 1.62. The van der Waals surface area contributed by atoms with Crippen molar-refractivity contribution in [2.45, 2.75) is 24.8 Å². The van der Waals surface area contributed by atoms with Crippen LogP contribution in [0, 0.1) is 12.8 Å². The molecule has 1 heterocycles. The van der Waals surface area contributed by atoms with E-state index in [1.54, 1.807) is 38.4 Å². The SMILES string of the molecule is COc1ccc(COC[C@@H]2CCOC(N(C)S(=O)(=O)c3ccc(C)cc3)=C2c2ccccc2)cc1. The Morgan fingerprint density at radius 3 is 2.31 bits per heavy atom. The number of hydrogen-bond acceptors (Lipinski definition) is 5. The summed E-state index contributed by atoms with van der Waals surface area (Å²) in [7, 11) is -0.602. The molecule has 0 aromatic heterocycles. The molecule has 3 aromatic rings. The lowest BCUT2D eigenvalue weighted by molar-refractivity contribution is 0.0714. The van der Waals surface area contributed by atoms with Crippen LogP contribution >= 0.6 is 0 Å². The van der Waals surface area contributed by atoms with Crippen LogP contribution < -0.4 is 4.74 Å². The van der Waals surface area contributed by atoms with Gasteiger partial charge in [-0.05, 0) is 48.7 Å². The molecule has 0 radical (unpaired) electrons. The minimum atomic E-state index is -3.79. The molecule has 0 N–H and O–H groups in total. The summed E-state index contributed by atoms with van der Waals surface area (Å²) in [5, 5.41) is 0. The van der Waals surface area contributed by atoms with Crippen LogP contribution in [0.3, 0.4) is 0 Å². The van der Waals surface area contributed by atoms with Crippen molar-refractivity contribution in [3.8, 4) is 5.75 Å². The molecule has 0 saturated heterocycles. The summed E-state index contributed by atoms with van der Waals surface area (Å²) in [6.07, 6.45) is 0.731. The maximum atomic E-state index is 13.4. The fraction of sp³-hybridized carbons (Fsp3) is 0.286. The topological polar surface area (TPSA) is 65.1 Å². The zero-order chi connectivity index (χ0) is 24.8. The first-order valence-electron chi connectivity index (χ1n) is 11.6. The molecule has 0 spiro atoms.